The van der Waals surface area contributed by atoms with Crippen molar-refractivity contribution in [1.82, 2.24) is 5.32 Å². The summed E-state index contributed by atoms with van der Waals surface area (Å²) in [6, 6.07) is 7.66. The van der Waals surface area contributed by atoms with E-state index in [0.717, 1.165) is 30.8 Å². The predicted octanol–water partition coefficient (Wildman–Crippen LogP) is 2.53. The van der Waals surface area contributed by atoms with Gasteiger partial charge in [-0.1, -0.05) is 32.0 Å². The van der Waals surface area contributed by atoms with Gasteiger partial charge < -0.3 is 19.5 Å². The summed E-state index contributed by atoms with van der Waals surface area (Å²) in [7, 11) is 1.63. The summed E-state index contributed by atoms with van der Waals surface area (Å²) >= 11 is 0. The third-order valence-electron chi connectivity index (χ3n) is 4.00. The van der Waals surface area contributed by atoms with Crippen molar-refractivity contribution in [3.63, 3.8) is 0 Å². The third-order valence-corrected chi connectivity index (χ3v) is 4.00. The van der Waals surface area contributed by atoms with E-state index < -0.39 is 6.10 Å². The van der Waals surface area contributed by atoms with Crippen molar-refractivity contribution in [3.8, 4) is 5.75 Å². The van der Waals surface area contributed by atoms with Crippen LogP contribution >= 0.6 is 0 Å². The van der Waals surface area contributed by atoms with Crippen molar-refractivity contribution in [2.24, 2.45) is 5.92 Å². The van der Waals surface area contributed by atoms with Gasteiger partial charge in [-0.15, -0.1) is 0 Å². The second-order valence-corrected chi connectivity index (χ2v) is 6.16. The predicted molar refractivity (Wildman–Crippen MR) is 88.4 cm³/mol. The SMILES string of the molecule is COc1ccccc1CNC(=O)[C@H](OC[C@@H]1CCCO1)C(C)C. The van der Waals surface area contributed by atoms with Crippen LogP contribution in [0.1, 0.15) is 32.3 Å². The summed E-state index contributed by atoms with van der Waals surface area (Å²) in [6.07, 6.45) is 1.74. The number of amides is 1. The largest absolute Gasteiger partial charge is 0.496 e. The molecule has 5 nitrogen and oxygen atoms in total. The fraction of sp³-hybridized carbons (Fsp3) is 0.611. The molecule has 0 saturated carbocycles. The molecule has 0 aliphatic carbocycles. The summed E-state index contributed by atoms with van der Waals surface area (Å²) in [6.45, 7) is 5.67. The number of para-hydroxylation sites is 1. The maximum Gasteiger partial charge on any atom is 0.249 e. The first kappa shape index (κ1) is 17.8. The molecule has 1 aromatic rings. The summed E-state index contributed by atoms with van der Waals surface area (Å²) < 4.78 is 16.7. The zero-order valence-corrected chi connectivity index (χ0v) is 14.2. The molecule has 1 aliphatic heterocycles. The van der Waals surface area contributed by atoms with E-state index in [1.165, 1.54) is 0 Å². The van der Waals surface area contributed by atoms with E-state index in [4.69, 9.17) is 14.2 Å². The molecule has 2 atom stereocenters. The van der Waals surface area contributed by atoms with E-state index in [-0.39, 0.29) is 17.9 Å². The minimum Gasteiger partial charge on any atom is -0.496 e. The Labute approximate surface area is 138 Å². The minimum atomic E-state index is -0.464. The quantitative estimate of drug-likeness (QED) is 0.799. The Kier molecular flexibility index (Phi) is 6.86. The molecular formula is C18H27NO4. The zero-order chi connectivity index (χ0) is 16.7. The van der Waals surface area contributed by atoms with E-state index >= 15 is 0 Å². The number of carbonyl (C=O) groups excluding carboxylic acids is 1. The molecule has 2 rings (SSSR count). The number of nitrogens with one attached hydrogen (secondary N) is 1. The van der Waals surface area contributed by atoms with Crippen LogP contribution in [-0.2, 0) is 20.8 Å². The molecular weight excluding hydrogens is 294 g/mol. The van der Waals surface area contributed by atoms with Gasteiger partial charge >= 0.3 is 0 Å². The fourth-order valence-electron chi connectivity index (χ4n) is 2.69. The highest BCUT2D eigenvalue weighted by Gasteiger charge is 2.25. The van der Waals surface area contributed by atoms with Gasteiger partial charge in [0.25, 0.3) is 0 Å². The van der Waals surface area contributed by atoms with Crippen LogP contribution in [0.3, 0.4) is 0 Å². The van der Waals surface area contributed by atoms with E-state index in [0.29, 0.717) is 13.2 Å². The molecule has 1 heterocycles. The monoisotopic (exact) mass is 321 g/mol. The molecule has 0 radical (unpaired) electrons. The molecule has 5 heteroatoms. The molecule has 128 valence electrons. The van der Waals surface area contributed by atoms with Crippen molar-refractivity contribution < 1.29 is 19.0 Å². The smallest absolute Gasteiger partial charge is 0.249 e. The number of rotatable bonds is 8. The Morgan fingerprint density at radius 1 is 1.39 bits per heavy atom. The van der Waals surface area contributed by atoms with Gasteiger partial charge in [0.2, 0.25) is 5.91 Å². The Balaban J connectivity index is 1.87. The van der Waals surface area contributed by atoms with Crippen LogP contribution in [0.15, 0.2) is 24.3 Å². The Morgan fingerprint density at radius 2 is 2.17 bits per heavy atom. The average Bonchev–Trinajstić information content (AvgIpc) is 3.06. The van der Waals surface area contributed by atoms with E-state index in [2.05, 4.69) is 5.32 Å². The highest BCUT2D eigenvalue weighted by atomic mass is 16.5. The molecule has 1 fully saturated rings. The van der Waals surface area contributed by atoms with Gasteiger partial charge in [-0.05, 0) is 24.8 Å². The highest BCUT2D eigenvalue weighted by Crippen LogP contribution is 2.18. The standard InChI is InChI=1S/C18H27NO4/c1-13(2)17(23-12-15-8-6-10-22-15)18(20)19-11-14-7-4-5-9-16(14)21-3/h4-5,7,9,13,15,17H,6,8,10-12H2,1-3H3,(H,19,20)/t15-,17+/m0/s1. The van der Waals surface area contributed by atoms with Crippen molar-refractivity contribution in [1.29, 1.82) is 0 Å². The van der Waals surface area contributed by atoms with Gasteiger partial charge in [-0.2, -0.15) is 0 Å². The lowest BCUT2D eigenvalue weighted by molar-refractivity contribution is -0.138. The number of hydrogen-bond acceptors (Lipinski definition) is 4. The van der Waals surface area contributed by atoms with E-state index in [1.54, 1.807) is 7.11 Å². The molecule has 1 aromatic carbocycles. The van der Waals surface area contributed by atoms with Crippen LogP contribution in [0.5, 0.6) is 5.75 Å². The second kappa shape index (κ2) is 8.89. The van der Waals surface area contributed by atoms with Crippen molar-refractivity contribution in [2.75, 3.05) is 20.3 Å². The lowest BCUT2D eigenvalue weighted by Crippen LogP contribution is -2.40. The normalized spacial score (nSPS) is 18.9. The minimum absolute atomic E-state index is 0.0936. The number of ether oxygens (including phenoxy) is 3. The van der Waals surface area contributed by atoms with E-state index in [1.807, 2.05) is 38.1 Å². The number of benzene rings is 1. The molecule has 1 saturated heterocycles. The van der Waals surface area contributed by atoms with Gasteiger partial charge in [-0.3, -0.25) is 4.79 Å². The first-order chi connectivity index (χ1) is 11.1. The molecule has 0 spiro atoms. The summed E-state index contributed by atoms with van der Waals surface area (Å²) in [5.41, 5.74) is 0.949. The third kappa shape index (κ3) is 5.22. The number of carbonyl (C=O) groups is 1. The van der Waals surface area contributed by atoms with Crippen LogP contribution < -0.4 is 10.1 Å². The molecule has 1 N–H and O–H groups in total. The number of methoxy groups -OCH3 is 1. The average molecular weight is 321 g/mol. The summed E-state index contributed by atoms with van der Waals surface area (Å²) in [4.78, 5) is 12.4. The van der Waals surface area contributed by atoms with Gasteiger partial charge in [0, 0.05) is 18.7 Å². The Bertz CT molecular complexity index is 498. The molecule has 0 unspecified atom stereocenters. The van der Waals surface area contributed by atoms with Crippen molar-refractivity contribution >= 4 is 5.91 Å². The van der Waals surface area contributed by atoms with E-state index in [9.17, 15) is 4.79 Å². The molecule has 0 aromatic heterocycles. The maximum absolute atomic E-state index is 12.4. The lowest BCUT2D eigenvalue weighted by atomic mass is 10.1. The first-order valence-electron chi connectivity index (χ1n) is 8.24. The first-order valence-corrected chi connectivity index (χ1v) is 8.24. The van der Waals surface area contributed by atoms with Gasteiger partial charge in [0.1, 0.15) is 11.9 Å². The van der Waals surface area contributed by atoms with Gasteiger partial charge in [-0.25, -0.2) is 0 Å². The van der Waals surface area contributed by atoms with Crippen molar-refractivity contribution in [3.05, 3.63) is 29.8 Å². The highest BCUT2D eigenvalue weighted by molar-refractivity contribution is 5.81. The maximum atomic E-state index is 12.4. The summed E-state index contributed by atoms with van der Waals surface area (Å²) in [5, 5.41) is 2.95. The second-order valence-electron chi connectivity index (χ2n) is 6.16. The van der Waals surface area contributed by atoms with Gasteiger partial charge in [0.05, 0.1) is 19.8 Å². The fourth-order valence-corrected chi connectivity index (χ4v) is 2.69. The molecule has 0 bridgehead atoms. The molecule has 1 amide bonds. The summed E-state index contributed by atoms with van der Waals surface area (Å²) in [5.74, 6) is 0.784. The number of hydrogen-bond donors (Lipinski definition) is 1. The van der Waals surface area contributed by atoms with Crippen LogP contribution in [0.25, 0.3) is 0 Å². The topological polar surface area (TPSA) is 56.8 Å². The van der Waals surface area contributed by atoms with Crippen molar-refractivity contribution in [2.45, 2.75) is 45.4 Å². The Hall–Kier alpha value is -1.59. The molecule has 1 aliphatic rings. The van der Waals surface area contributed by atoms with Crippen LogP contribution in [-0.4, -0.2) is 38.4 Å². The lowest BCUT2D eigenvalue weighted by Gasteiger charge is -2.22. The Morgan fingerprint density at radius 3 is 2.83 bits per heavy atom. The van der Waals surface area contributed by atoms with Gasteiger partial charge in [0.15, 0.2) is 0 Å². The molecule has 23 heavy (non-hydrogen) atoms. The zero-order valence-electron chi connectivity index (χ0n) is 14.2. The van der Waals surface area contributed by atoms with Crippen LogP contribution in [0.4, 0.5) is 0 Å². The van der Waals surface area contributed by atoms with Crippen LogP contribution in [0.2, 0.25) is 0 Å². The van der Waals surface area contributed by atoms with Crippen LogP contribution in [0, 0.1) is 5.92 Å².